The van der Waals surface area contributed by atoms with Crippen LogP contribution in [0.5, 0.6) is 0 Å². The van der Waals surface area contributed by atoms with E-state index in [1.807, 2.05) is 18.3 Å². The van der Waals surface area contributed by atoms with Crippen molar-refractivity contribution in [1.29, 1.82) is 0 Å². The van der Waals surface area contributed by atoms with Gasteiger partial charge in [0.2, 0.25) is 0 Å². The van der Waals surface area contributed by atoms with E-state index in [9.17, 15) is 0 Å². The Morgan fingerprint density at radius 3 is 2.82 bits per heavy atom. The van der Waals surface area contributed by atoms with Crippen LogP contribution in [0.3, 0.4) is 0 Å². The molecule has 0 spiro atoms. The van der Waals surface area contributed by atoms with Crippen LogP contribution in [0.1, 0.15) is 10.4 Å². The Labute approximate surface area is 111 Å². The SMILES string of the molecule is S=c1cc(/C=C/c2c[nH]c3ccccc23)ss1. The maximum absolute atomic E-state index is 5.11. The minimum absolute atomic E-state index is 0.952. The van der Waals surface area contributed by atoms with Crippen LogP contribution in [0.25, 0.3) is 23.1 Å². The second-order valence-electron chi connectivity index (χ2n) is 3.66. The van der Waals surface area contributed by atoms with E-state index in [-0.39, 0.29) is 0 Å². The molecule has 0 aliphatic carbocycles. The van der Waals surface area contributed by atoms with Gasteiger partial charge >= 0.3 is 0 Å². The van der Waals surface area contributed by atoms with Crippen molar-refractivity contribution in [2.45, 2.75) is 0 Å². The fourth-order valence-electron chi connectivity index (χ4n) is 1.73. The summed E-state index contributed by atoms with van der Waals surface area (Å²) >= 11 is 5.11. The molecule has 0 saturated carbocycles. The largest absolute Gasteiger partial charge is 0.361 e. The number of nitrogens with one attached hydrogen (secondary N) is 1. The molecule has 84 valence electrons. The summed E-state index contributed by atoms with van der Waals surface area (Å²) in [6.45, 7) is 0. The smallest absolute Gasteiger partial charge is 0.102 e. The summed E-state index contributed by atoms with van der Waals surface area (Å²) in [4.78, 5) is 4.48. The Balaban J connectivity index is 2.00. The van der Waals surface area contributed by atoms with Crippen LogP contribution in [-0.4, -0.2) is 4.98 Å². The molecule has 0 bridgehead atoms. The van der Waals surface area contributed by atoms with E-state index >= 15 is 0 Å². The highest BCUT2D eigenvalue weighted by molar-refractivity contribution is 7.79. The Morgan fingerprint density at radius 1 is 1.12 bits per heavy atom. The number of para-hydroxylation sites is 1. The van der Waals surface area contributed by atoms with Crippen molar-refractivity contribution >= 4 is 56.0 Å². The van der Waals surface area contributed by atoms with Crippen LogP contribution >= 0.6 is 32.9 Å². The summed E-state index contributed by atoms with van der Waals surface area (Å²) in [7, 11) is 3.36. The van der Waals surface area contributed by atoms with Crippen molar-refractivity contribution in [2.24, 2.45) is 0 Å². The highest BCUT2D eigenvalue weighted by Crippen LogP contribution is 2.23. The van der Waals surface area contributed by atoms with Crippen molar-refractivity contribution in [2.75, 3.05) is 0 Å². The van der Waals surface area contributed by atoms with Gasteiger partial charge in [-0.05, 0) is 23.8 Å². The molecule has 1 N–H and O–H groups in total. The van der Waals surface area contributed by atoms with Gasteiger partial charge in [-0.15, -0.1) is 0 Å². The highest BCUT2D eigenvalue weighted by Gasteiger charge is 1.99. The predicted molar refractivity (Wildman–Crippen MR) is 80.3 cm³/mol. The Hall–Kier alpha value is -1.23. The number of benzene rings is 1. The van der Waals surface area contributed by atoms with Crippen LogP contribution in [0.15, 0.2) is 36.5 Å². The number of fused-ring (bicyclic) bond motifs is 1. The molecule has 0 aliphatic rings. The van der Waals surface area contributed by atoms with Gasteiger partial charge in [0.1, 0.15) is 3.82 Å². The molecule has 4 heteroatoms. The minimum atomic E-state index is 0.952. The summed E-state index contributed by atoms with van der Waals surface area (Å²) in [5.41, 5.74) is 2.38. The van der Waals surface area contributed by atoms with E-state index in [2.05, 4.69) is 35.3 Å². The number of aromatic amines is 1. The molecule has 0 saturated heterocycles. The van der Waals surface area contributed by atoms with E-state index in [0.29, 0.717) is 0 Å². The van der Waals surface area contributed by atoms with Crippen molar-refractivity contribution in [1.82, 2.24) is 4.98 Å². The number of rotatable bonds is 2. The standard InChI is InChI=1S/C13H9NS3/c15-13-7-10(16-17-13)6-5-9-8-14-12-4-2-1-3-11(9)12/h1-8,14H/b6-5+. The Bertz CT molecular complexity index is 730. The third-order valence-electron chi connectivity index (χ3n) is 2.53. The summed E-state index contributed by atoms with van der Waals surface area (Å²) in [5.74, 6) is 0. The lowest BCUT2D eigenvalue weighted by Gasteiger charge is -1.90. The van der Waals surface area contributed by atoms with Gasteiger partial charge in [-0.25, -0.2) is 0 Å². The van der Waals surface area contributed by atoms with E-state index in [1.54, 1.807) is 20.7 Å². The summed E-state index contributed by atoms with van der Waals surface area (Å²) in [6, 6.07) is 10.3. The highest BCUT2D eigenvalue weighted by atomic mass is 32.9. The molecule has 0 amide bonds. The number of aromatic nitrogens is 1. The summed E-state index contributed by atoms with van der Waals surface area (Å²) < 4.78 is 0.952. The average Bonchev–Trinajstić information content (AvgIpc) is 2.93. The molecule has 3 aromatic rings. The zero-order valence-corrected chi connectivity index (χ0v) is 11.3. The lowest BCUT2D eigenvalue weighted by molar-refractivity contribution is 1.47. The van der Waals surface area contributed by atoms with Crippen LogP contribution in [-0.2, 0) is 0 Å². The molecule has 0 aliphatic heterocycles. The predicted octanol–water partition coefficient (Wildman–Crippen LogP) is 5.19. The van der Waals surface area contributed by atoms with Gasteiger partial charge in [-0.1, -0.05) is 57.2 Å². The molecule has 3 rings (SSSR count). The van der Waals surface area contributed by atoms with Gasteiger partial charge in [0.15, 0.2) is 0 Å². The van der Waals surface area contributed by atoms with Crippen LogP contribution in [0.2, 0.25) is 0 Å². The molecule has 0 fully saturated rings. The zero-order chi connectivity index (χ0) is 11.7. The fraction of sp³-hybridized carbons (Fsp3) is 0. The molecule has 0 unspecified atom stereocenters. The molecule has 17 heavy (non-hydrogen) atoms. The van der Waals surface area contributed by atoms with Gasteiger partial charge in [0.05, 0.1) is 0 Å². The fourth-order valence-corrected chi connectivity index (χ4v) is 3.95. The molecule has 1 nitrogen and oxygen atoms in total. The maximum Gasteiger partial charge on any atom is 0.102 e. The first-order valence-electron chi connectivity index (χ1n) is 5.17. The normalized spacial score (nSPS) is 11.5. The molecular weight excluding hydrogens is 266 g/mol. The third kappa shape index (κ3) is 2.24. The first-order chi connectivity index (χ1) is 8.33. The average molecular weight is 275 g/mol. The number of H-pyrrole nitrogens is 1. The Morgan fingerprint density at radius 2 is 2.00 bits per heavy atom. The monoisotopic (exact) mass is 275 g/mol. The lowest BCUT2D eigenvalue weighted by Crippen LogP contribution is -1.67. The first-order valence-corrected chi connectivity index (χ1v) is 7.73. The second-order valence-corrected chi connectivity index (χ2v) is 6.60. The molecular formula is C13H9NS3. The van der Waals surface area contributed by atoms with Crippen molar-refractivity contribution in [3.8, 4) is 0 Å². The van der Waals surface area contributed by atoms with Gasteiger partial charge in [0, 0.05) is 22.0 Å². The molecule has 0 atom stereocenters. The van der Waals surface area contributed by atoms with E-state index in [4.69, 9.17) is 12.2 Å². The molecule has 0 radical (unpaired) electrons. The van der Waals surface area contributed by atoms with Crippen molar-refractivity contribution in [3.63, 3.8) is 0 Å². The second kappa shape index (κ2) is 4.56. The van der Waals surface area contributed by atoms with Gasteiger partial charge in [-0.3, -0.25) is 0 Å². The van der Waals surface area contributed by atoms with Crippen LogP contribution in [0.4, 0.5) is 0 Å². The lowest BCUT2D eigenvalue weighted by atomic mass is 10.1. The summed E-state index contributed by atoms with van der Waals surface area (Å²) in [5, 5.41) is 1.25. The van der Waals surface area contributed by atoms with Gasteiger partial charge < -0.3 is 4.98 Å². The van der Waals surface area contributed by atoms with Crippen molar-refractivity contribution < 1.29 is 0 Å². The molecule has 2 heterocycles. The van der Waals surface area contributed by atoms with E-state index < -0.39 is 0 Å². The van der Waals surface area contributed by atoms with Gasteiger partial charge in [0.25, 0.3) is 0 Å². The van der Waals surface area contributed by atoms with Crippen LogP contribution in [0, 0.1) is 3.82 Å². The van der Waals surface area contributed by atoms with E-state index in [1.165, 1.54) is 21.3 Å². The van der Waals surface area contributed by atoms with Crippen molar-refractivity contribution in [3.05, 3.63) is 50.8 Å². The van der Waals surface area contributed by atoms with Gasteiger partial charge in [-0.2, -0.15) is 0 Å². The quantitative estimate of drug-likeness (QED) is 0.502. The number of hydrogen-bond donors (Lipinski definition) is 1. The summed E-state index contributed by atoms with van der Waals surface area (Å²) in [6.07, 6.45) is 6.28. The van der Waals surface area contributed by atoms with E-state index in [0.717, 1.165) is 3.82 Å². The zero-order valence-electron chi connectivity index (χ0n) is 8.84. The molecule has 1 aromatic carbocycles. The molecule has 2 aromatic heterocycles. The topological polar surface area (TPSA) is 15.8 Å². The number of hydrogen-bond acceptors (Lipinski definition) is 3. The minimum Gasteiger partial charge on any atom is -0.361 e. The Kier molecular flexibility index (Phi) is 2.93. The maximum atomic E-state index is 5.11. The first kappa shape index (κ1) is 10.9. The third-order valence-corrected chi connectivity index (χ3v) is 5.39. The van der Waals surface area contributed by atoms with Crippen LogP contribution < -0.4 is 0 Å².